The zero-order valence-corrected chi connectivity index (χ0v) is 10.6. The Labute approximate surface area is 98.3 Å². The molecule has 0 saturated carbocycles. The van der Waals surface area contributed by atoms with E-state index < -0.39 is 0 Å². The Balaban J connectivity index is 1.83. The van der Waals surface area contributed by atoms with Crippen molar-refractivity contribution in [3.63, 3.8) is 0 Å². The molecule has 0 aromatic heterocycles. The molecule has 2 heterocycles. The number of ether oxygens (including phenoxy) is 2. The topological polar surface area (TPSA) is 33.7 Å². The predicted octanol–water partition coefficient (Wildman–Crippen LogP) is 0.188. The Hall–Kier alpha value is -0.160. The Morgan fingerprint density at radius 1 is 1.12 bits per heavy atom. The highest BCUT2D eigenvalue weighted by molar-refractivity contribution is 4.89. The number of methoxy groups -OCH3 is 2. The van der Waals surface area contributed by atoms with Crippen molar-refractivity contribution in [1.29, 1.82) is 0 Å². The molecule has 0 spiro atoms. The first-order valence-electron chi connectivity index (χ1n) is 6.23. The van der Waals surface area contributed by atoms with Crippen molar-refractivity contribution in [2.24, 2.45) is 11.8 Å². The number of rotatable bonds is 4. The summed E-state index contributed by atoms with van der Waals surface area (Å²) in [6.45, 7) is 7.86. The summed E-state index contributed by atoms with van der Waals surface area (Å²) in [5, 5.41) is 3.46. The van der Waals surface area contributed by atoms with Gasteiger partial charge in [0.05, 0.1) is 12.2 Å². The average molecular weight is 228 g/mol. The maximum Gasteiger partial charge on any atom is 0.0971 e. The SMILES string of the molecule is COC1CN(CC2CNCC2C)CC1OC. The van der Waals surface area contributed by atoms with Gasteiger partial charge < -0.3 is 14.8 Å². The molecular formula is C12H24N2O2. The molecule has 94 valence electrons. The van der Waals surface area contributed by atoms with Gasteiger partial charge in [0.2, 0.25) is 0 Å². The zero-order chi connectivity index (χ0) is 11.5. The molecule has 0 radical (unpaired) electrons. The minimum atomic E-state index is 0.245. The average Bonchev–Trinajstić information content (AvgIpc) is 2.86. The zero-order valence-electron chi connectivity index (χ0n) is 10.6. The van der Waals surface area contributed by atoms with Crippen molar-refractivity contribution in [2.75, 3.05) is 46.9 Å². The lowest BCUT2D eigenvalue weighted by molar-refractivity contribution is -0.00461. The first-order valence-corrected chi connectivity index (χ1v) is 6.23. The smallest absolute Gasteiger partial charge is 0.0971 e. The van der Waals surface area contributed by atoms with Gasteiger partial charge in [0.25, 0.3) is 0 Å². The Bertz CT molecular complexity index is 213. The minimum absolute atomic E-state index is 0.245. The standard InChI is InChI=1S/C12H24N2O2/c1-9-4-13-5-10(9)6-14-7-11(15-2)12(8-14)16-3/h9-13H,4-8H2,1-3H3. The van der Waals surface area contributed by atoms with Crippen molar-refractivity contribution < 1.29 is 9.47 Å². The van der Waals surface area contributed by atoms with Crippen LogP contribution >= 0.6 is 0 Å². The predicted molar refractivity (Wildman–Crippen MR) is 63.6 cm³/mol. The van der Waals surface area contributed by atoms with Gasteiger partial charge in [-0.1, -0.05) is 6.92 Å². The Kier molecular flexibility index (Phi) is 4.19. The molecule has 4 nitrogen and oxygen atoms in total. The van der Waals surface area contributed by atoms with Gasteiger partial charge in [-0.2, -0.15) is 0 Å². The molecule has 2 aliphatic heterocycles. The van der Waals surface area contributed by atoms with Gasteiger partial charge in [-0.3, -0.25) is 4.90 Å². The summed E-state index contributed by atoms with van der Waals surface area (Å²) >= 11 is 0. The second-order valence-corrected chi connectivity index (χ2v) is 5.16. The van der Waals surface area contributed by atoms with E-state index in [0.717, 1.165) is 31.5 Å². The van der Waals surface area contributed by atoms with Crippen LogP contribution in [0.3, 0.4) is 0 Å². The highest BCUT2D eigenvalue weighted by atomic mass is 16.5. The van der Waals surface area contributed by atoms with Crippen LogP contribution in [0.15, 0.2) is 0 Å². The van der Waals surface area contributed by atoms with E-state index in [4.69, 9.17) is 9.47 Å². The van der Waals surface area contributed by atoms with Gasteiger partial charge in [-0.25, -0.2) is 0 Å². The van der Waals surface area contributed by atoms with E-state index in [0.29, 0.717) is 0 Å². The summed E-state index contributed by atoms with van der Waals surface area (Å²) < 4.78 is 10.9. The third-order valence-electron chi connectivity index (χ3n) is 4.07. The van der Waals surface area contributed by atoms with Gasteiger partial charge in [0.1, 0.15) is 0 Å². The van der Waals surface area contributed by atoms with Gasteiger partial charge in [0, 0.05) is 33.9 Å². The lowest BCUT2D eigenvalue weighted by Crippen LogP contribution is -2.31. The fourth-order valence-electron chi connectivity index (χ4n) is 2.86. The van der Waals surface area contributed by atoms with Crippen molar-refractivity contribution in [2.45, 2.75) is 19.1 Å². The fraction of sp³-hybridized carbons (Fsp3) is 1.00. The van der Waals surface area contributed by atoms with Gasteiger partial charge in [-0.15, -0.1) is 0 Å². The molecule has 16 heavy (non-hydrogen) atoms. The van der Waals surface area contributed by atoms with Crippen LogP contribution in [0.5, 0.6) is 0 Å². The maximum absolute atomic E-state index is 5.45. The van der Waals surface area contributed by atoms with Crippen LogP contribution in [0.2, 0.25) is 0 Å². The third-order valence-corrected chi connectivity index (χ3v) is 4.07. The molecule has 0 bridgehead atoms. The Morgan fingerprint density at radius 3 is 2.19 bits per heavy atom. The molecule has 0 aromatic rings. The molecule has 4 unspecified atom stereocenters. The monoisotopic (exact) mass is 228 g/mol. The first-order chi connectivity index (χ1) is 7.74. The normalized spacial score (nSPS) is 40.7. The molecule has 4 heteroatoms. The van der Waals surface area contributed by atoms with Gasteiger partial charge in [-0.05, 0) is 24.9 Å². The van der Waals surface area contributed by atoms with Crippen LogP contribution in [0.25, 0.3) is 0 Å². The molecule has 1 N–H and O–H groups in total. The van der Waals surface area contributed by atoms with E-state index in [1.807, 2.05) is 0 Å². The fourth-order valence-corrected chi connectivity index (χ4v) is 2.86. The number of nitrogens with zero attached hydrogens (tertiary/aromatic N) is 1. The molecule has 2 rings (SSSR count). The van der Waals surface area contributed by atoms with Gasteiger partial charge in [0.15, 0.2) is 0 Å². The molecule has 2 aliphatic rings. The summed E-state index contributed by atoms with van der Waals surface area (Å²) in [5.41, 5.74) is 0. The summed E-state index contributed by atoms with van der Waals surface area (Å²) in [4.78, 5) is 2.48. The quantitative estimate of drug-likeness (QED) is 0.745. The molecule has 0 aliphatic carbocycles. The van der Waals surface area contributed by atoms with E-state index in [9.17, 15) is 0 Å². The summed E-state index contributed by atoms with van der Waals surface area (Å²) in [6, 6.07) is 0. The molecule has 4 atom stereocenters. The molecule has 0 aromatic carbocycles. The first kappa shape index (κ1) is 12.3. The number of hydrogen-bond acceptors (Lipinski definition) is 4. The maximum atomic E-state index is 5.45. The van der Waals surface area contributed by atoms with Crippen molar-refractivity contribution in [3.8, 4) is 0 Å². The van der Waals surface area contributed by atoms with Crippen LogP contribution in [-0.4, -0.2) is 64.1 Å². The van der Waals surface area contributed by atoms with Crippen LogP contribution in [-0.2, 0) is 9.47 Å². The number of likely N-dealkylation sites (tertiary alicyclic amines) is 1. The van der Waals surface area contributed by atoms with Gasteiger partial charge >= 0.3 is 0 Å². The van der Waals surface area contributed by atoms with Crippen molar-refractivity contribution >= 4 is 0 Å². The lowest BCUT2D eigenvalue weighted by atomic mass is 9.98. The van der Waals surface area contributed by atoms with Crippen molar-refractivity contribution in [3.05, 3.63) is 0 Å². The highest BCUT2D eigenvalue weighted by Crippen LogP contribution is 2.21. The Morgan fingerprint density at radius 2 is 1.75 bits per heavy atom. The second kappa shape index (κ2) is 5.45. The van der Waals surface area contributed by atoms with Crippen LogP contribution in [0.4, 0.5) is 0 Å². The molecule has 0 amide bonds. The van der Waals surface area contributed by atoms with Crippen molar-refractivity contribution in [1.82, 2.24) is 10.2 Å². The highest BCUT2D eigenvalue weighted by Gasteiger charge is 2.35. The lowest BCUT2D eigenvalue weighted by Gasteiger charge is -2.22. The van der Waals surface area contributed by atoms with Crippen LogP contribution < -0.4 is 5.32 Å². The van der Waals surface area contributed by atoms with E-state index in [1.54, 1.807) is 14.2 Å². The minimum Gasteiger partial charge on any atom is -0.377 e. The molecular weight excluding hydrogens is 204 g/mol. The van der Waals surface area contributed by atoms with E-state index in [1.165, 1.54) is 13.1 Å². The second-order valence-electron chi connectivity index (χ2n) is 5.16. The number of hydrogen-bond donors (Lipinski definition) is 1. The molecule has 2 fully saturated rings. The van der Waals surface area contributed by atoms with E-state index >= 15 is 0 Å². The van der Waals surface area contributed by atoms with Crippen LogP contribution in [0.1, 0.15) is 6.92 Å². The van der Waals surface area contributed by atoms with E-state index in [-0.39, 0.29) is 12.2 Å². The summed E-state index contributed by atoms with van der Waals surface area (Å²) in [6.07, 6.45) is 0.490. The van der Waals surface area contributed by atoms with E-state index in [2.05, 4.69) is 17.1 Å². The summed E-state index contributed by atoms with van der Waals surface area (Å²) in [5.74, 6) is 1.58. The van der Waals surface area contributed by atoms with Crippen LogP contribution in [0, 0.1) is 11.8 Å². The summed E-state index contributed by atoms with van der Waals surface area (Å²) in [7, 11) is 3.56. The molecule has 2 saturated heterocycles. The number of nitrogens with one attached hydrogen (secondary N) is 1. The third kappa shape index (κ3) is 2.56. The largest absolute Gasteiger partial charge is 0.377 e.